The SMILES string of the molecule is COc1cc(/C=C/Sn2c(=O)sc3ccccc32)cc(C)c1OC(F)F. The number of methoxy groups -OCH3 is 1. The molecule has 26 heavy (non-hydrogen) atoms. The van der Waals surface area contributed by atoms with Crippen LogP contribution in [0.3, 0.4) is 0 Å². The third-order valence-corrected chi connectivity index (χ3v) is 5.43. The number of aromatic nitrogens is 1. The molecule has 0 radical (unpaired) electrons. The second-order valence-electron chi connectivity index (χ2n) is 5.29. The molecule has 1 aromatic heterocycles. The van der Waals surface area contributed by atoms with Crippen molar-refractivity contribution in [2.45, 2.75) is 13.5 Å². The van der Waals surface area contributed by atoms with E-state index in [-0.39, 0.29) is 16.4 Å². The van der Waals surface area contributed by atoms with E-state index in [1.54, 1.807) is 34.5 Å². The average Bonchev–Trinajstić information content (AvgIpc) is 2.92. The fourth-order valence-electron chi connectivity index (χ4n) is 2.47. The van der Waals surface area contributed by atoms with Crippen molar-refractivity contribution < 1.29 is 18.3 Å². The van der Waals surface area contributed by atoms with E-state index in [9.17, 15) is 13.6 Å². The second-order valence-corrected chi connectivity index (χ2v) is 7.13. The zero-order chi connectivity index (χ0) is 18.7. The normalized spacial score (nSPS) is 11.6. The molecule has 0 N–H and O–H groups in total. The van der Waals surface area contributed by atoms with Gasteiger partial charge in [-0.1, -0.05) is 23.5 Å². The summed E-state index contributed by atoms with van der Waals surface area (Å²) < 4.78 is 37.2. The van der Waals surface area contributed by atoms with Gasteiger partial charge in [-0.25, -0.2) is 3.97 Å². The average molecular weight is 395 g/mol. The summed E-state index contributed by atoms with van der Waals surface area (Å²) in [6.45, 7) is -1.25. The van der Waals surface area contributed by atoms with Crippen LogP contribution in [-0.2, 0) is 0 Å². The van der Waals surface area contributed by atoms with Crippen molar-refractivity contribution in [3.05, 3.63) is 62.6 Å². The Hall–Kier alpha value is -2.32. The molecule has 136 valence electrons. The Kier molecular flexibility index (Phi) is 5.63. The number of rotatable bonds is 6. The molecule has 0 atom stereocenters. The van der Waals surface area contributed by atoms with Gasteiger partial charge in [0.05, 0.1) is 17.3 Å². The first kappa shape index (κ1) is 18.5. The van der Waals surface area contributed by atoms with Crippen LogP contribution in [0.15, 0.2) is 46.6 Å². The molecule has 8 heteroatoms. The zero-order valence-corrected chi connectivity index (χ0v) is 15.6. The van der Waals surface area contributed by atoms with Crippen LogP contribution in [0.1, 0.15) is 11.1 Å². The van der Waals surface area contributed by atoms with E-state index in [0.717, 1.165) is 15.8 Å². The first-order valence-corrected chi connectivity index (χ1v) is 9.22. The van der Waals surface area contributed by atoms with Gasteiger partial charge in [-0.15, -0.1) is 0 Å². The van der Waals surface area contributed by atoms with Crippen LogP contribution in [0.4, 0.5) is 8.78 Å². The lowest BCUT2D eigenvalue weighted by atomic mass is 10.1. The number of halogens is 2. The van der Waals surface area contributed by atoms with Crippen LogP contribution in [-0.4, -0.2) is 17.7 Å². The van der Waals surface area contributed by atoms with Crippen LogP contribution in [0.5, 0.6) is 11.5 Å². The summed E-state index contributed by atoms with van der Waals surface area (Å²) in [5.74, 6) is 0.250. The van der Waals surface area contributed by atoms with Crippen LogP contribution < -0.4 is 14.3 Å². The van der Waals surface area contributed by atoms with Gasteiger partial charge in [-0.2, -0.15) is 8.78 Å². The molecular formula is C18H15F2NO3S2. The predicted molar refractivity (Wildman–Crippen MR) is 102 cm³/mol. The lowest BCUT2D eigenvalue weighted by Crippen LogP contribution is -2.05. The molecule has 2 aromatic carbocycles. The molecule has 3 rings (SSSR count). The highest BCUT2D eigenvalue weighted by molar-refractivity contribution is 8.01. The summed E-state index contributed by atoms with van der Waals surface area (Å²) in [4.78, 5) is 12.0. The largest absolute Gasteiger partial charge is 0.493 e. The van der Waals surface area contributed by atoms with Gasteiger partial charge in [0.2, 0.25) is 0 Å². The van der Waals surface area contributed by atoms with Gasteiger partial charge < -0.3 is 9.47 Å². The van der Waals surface area contributed by atoms with Crippen molar-refractivity contribution in [1.29, 1.82) is 0 Å². The van der Waals surface area contributed by atoms with E-state index < -0.39 is 6.61 Å². The number of nitrogens with zero attached hydrogens (tertiary/aromatic N) is 1. The zero-order valence-electron chi connectivity index (χ0n) is 13.9. The molecule has 1 heterocycles. The summed E-state index contributed by atoms with van der Waals surface area (Å²) in [6, 6.07) is 10.9. The fourth-order valence-corrected chi connectivity index (χ4v) is 4.25. The fraction of sp³-hybridized carbons (Fsp3) is 0.167. The van der Waals surface area contributed by atoms with E-state index in [2.05, 4.69) is 4.74 Å². The van der Waals surface area contributed by atoms with Crippen LogP contribution in [0.25, 0.3) is 16.3 Å². The molecular weight excluding hydrogens is 380 g/mol. The summed E-state index contributed by atoms with van der Waals surface area (Å²) in [7, 11) is 1.40. The maximum absolute atomic E-state index is 12.5. The molecule has 0 saturated heterocycles. The van der Waals surface area contributed by atoms with Crippen molar-refractivity contribution in [3.8, 4) is 11.5 Å². The first-order chi connectivity index (χ1) is 12.5. The van der Waals surface area contributed by atoms with E-state index in [4.69, 9.17) is 4.74 Å². The summed E-state index contributed by atoms with van der Waals surface area (Å²) in [5, 5.41) is 1.77. The van der Waals surface area contributed by atoms with Crippen molar-refractivity contribution in [1.82, 2.24) is 3.97 Å². The van der Waals surface area contributed by atoms with Gasteiger partial charge in [0.1, 0.15) is 0 Å². The summed E-state index contributed by atoms with van der Waals surface area (Å²) in [6.07, 6.45) is 1.78. The van der Waals surface area contributed by atoms with E-state index in [1.165, 1.54) is 30.4 Å². The Morgan fingerprint density at radius 3 is 2.77 bits per heavy atom. The standard InChI is InChI=1S/C18H15F2NO3S2/c1-11-9-12(10-14(23-2)16(11)24-17(19)20)7-8-25-21-13-5-3-4-6-15(13)26-18(21)22/h3-10,17H,1-2H3/b8-7+. The second kappa shape index (κ2) is 7.92. The minimum Gasteiger partial charge on any atom is -0.493 e. The summed E-state index contributed by atoms with van der Waals surface area (Å²) in [5.41, 5.74) is 2.14. The number of hydrogen-bond donors (Lipinski definition) is 0. The Morgan fingerprint density at radius 2 is 2.04 bits per heavy atom. The highest BCUT2D eigenvalue weighted by Gasteiger charge is 2.14. The highest BCUT2D eigenvalue weighted by Crippen LogP contribution is 2.34. The molecule has 0 unspecified atom stereocenters. The molecule has 0 bridgehead atoms. The van der Waals surface area contributed by atoms with Gasteiger partial charge in [0.15, 0.2) is 11.5 Å². The number of ether oxygens (including phenoxy) is 2. The van der Waals surface area contributed by atoms with E-state index in [0.29, 0.717) is 5.56 Å². The lowest BCUT2D eigenvalue weighted by molar-refractivity contribution is -0.0516. The number of thiazole rings is 1. The number of aryl methyl sites for hydroxylation is 1. The van der Waals surface area contributed by atoms with Crippen molar-refractivity contribution in [3.63, 3.8) is 0 Å². The van der Waals surface area contributed by atoms with Crippen molar-refractivity contribution in [2.75, 3.05) is 7.11 Å². The quantitative estimate of drug-likeness (QED) is 0.579. The molecule has 4 nitrogen and oxygen atoms in total. The van der Waals surface area contributed by atoms with Crippen molar-refractivity contribution >= 4 is 39.6 Å². The Labute approximate surface area is 156 Å². The lowest BCUT2D eigenvalue weighted by Gasteiger charge is -2.13. The first-order valence-electron chi connectivity index (χ1n) is 7.57. The highest BCUT2D eigenvalue weighted by atomic mass is 32.2. The number of hydrogen-bond acceptors (Lipinski definition) is 5. The topological polar surface area (TPSA) is 40.5 Å². The van der Waals surface area contributed by atoms with Gasteiger partial charge in [-0.3, -0.25) is 4.79 Å². The minimum absolute atomic E-state index is 0.0207. The Bertz CT molecular complexity index is 1010. The molecule has 0 fully saturated rings. The molecule has 0 aliphatic heterocycles. The molecule has 3 aromatic rings. The van der Waals surface area contributed by atoms with Gasteiger partial charge in [0.25, 0.3) is 0 Å². The van der Waals surface area contributed by atoms with Crippen molar-refractivity contribution in [2.24, 2.45) is 0 Å². The minimum atomic E-state index is -2.92. The van der Waals surface area contributed by atoms with Crippen LogP contribution in [0, 0.1) is 6.92 Å². The number of para-hydroxylation sites is 1. The molecule has 0 saturated carbocycles. The van der Waals surface area contributed by atoms with Crippen LogP contribution >= 0.6 is 23.3 Å². The molecule has 0 aliphatic rings. The smallest absolute Gasteiger partial charge is 0.387 e. The maximum atomic E-state index is 12.5. The number of fused-ring (bicyclic) bond motifs is 1. The van der Waals surface area contributed by atoms with Crippen LogP contribution in [0.2, 0.25) is 0 Å². The maximum Gasteiger partial charge on any atom is 0.387 e. The number of alkyl halides is 2. The molecule has 0 aliphatic carbocycles. The molecule has 0 amide bonds. The number of benzene rings is 2. The molecule has 0 spiro atoms. The summed E-state index contributed by atoms with van der Waals surface area (Å²) >= 11 is 2.44. The van der Waals surface area contributed by atoms with E-state index >= 15 is 0 Å². The Balaban J connectivity index is 1.85. The predicted octanol–water partition coefficient (Wildman–Crippen LogP) is 5.15. The van der Waals surface area contributed by atoms with Gasteiger partial charge >= 0.3 is 11.5 Å². The van der Waals surface area contributed by atoms with E-state index in [1.807, 2.05) is 24.3 Å². The Morgan fingerprint density at radius 1 is 1.27 bits per heavy atom. The monoisotopic (exact) mass is 395 g/mol. The third-order valence-electron chi connectivity index (χ3n) is 3.56. The van der Waals surface area contributed by atoms with Gasteiger partial charge in [-0.05, 0) is 65.7 Å². The third kappa shape index (κ3) is 3.91. The van der Waals surface area contributed by atoms with Gasteiger partial charge in [0, 0.05) is 0 Å².